The van der Waals surface area contributed by atoms with Crippen molar-refractivity contribution in [2.24, 2.45) is 11.8 Å². The van der Waals surface area contributed by atoms with Crippen LogP contribution in [0.3, 0.4) is 0 Å². The monoisotopic (exact) mass is 334 g/mol. The lowest BCUT2D eigenvalue weighted by Gasteiger charge is -2.51. The van der Waals surface area contributed by atoms with Crippen LogP contribution in [0.2, 0.25) is 0 Å². The molecule has 1 N–H and O–H groups in total. The highest BCUT2D eigenvalue weighted by Gasteiger charge is 2.50. The lowest BCUT2D eigenvalue weighted by Crippen LogP contribution is -2.67. The first-order valence-electron chi connectivity index (χ1n) is 9.63. The number of likely N-dealkylation sites (tertiary alicyclic amines) is 1. The number of piperazine rings is 1. The molecular formula is C18H30N4O2. The van der Waals surface area contributed by atoms with Crippen molar-refractivity contribution in [2.45, 2.75) is 63.6 Å². The first-order valence-corrected chi connectivity index (χ1v) is 9.63. The van der Waals surface area contributed by atoms with Gasteiger partial charge < -0.3 is 9.80 Å². The lowest BCUT2D eigenvalue weighted by molar-refractivity contribution is -0.155. The second kappa shape index (κ2) is 6.30. The lowest BCUT2D eigenvalue weighted by atomic mass is 9.78. The second-order valence-corrected chi connectivity index (χ2v) is 8.22. The Bertz CT molecular complexity index is 517. The molecule has 134 valence electrons. The third-order valence-corrected chi connectivity index (χ3v) is 6.76. The number of carbonyl (C=O) groups excluding carboxylic acids is 2. The summed E-state index contributed by atoms with van der Waals surface area (Å²) in [6.07, 6.45) is 5.94. The van der Waals surface area contributed by atoms with E-state index in [0.717, 1.165) is 64.1 Å². The van der Waals surface area contributed by atoms with Crippen LogP contribution in [0.4, 0.5) is 0 Å². The van der Waals surface area contributed by atoms with E-state index in [-0.39, 0.29) is 23.9 Å². The van der Waals surface area contributed by atoms with Crippen molar-refractivity contribution < 1.29 is 9.59 Å². The number of fused-ring (bicyclic) bond motifs is 3. The van der Waals surface area contributed by atoms with E-state index in [1.165, 1.54) is 0 Å². The predicted molar refractivity (Wildman–Crippen MR) is 90.9 cm³/mol. The smallest absolute Gasteiger partial charge is 0.241 e. The molecule has 3 saturated heterocycles. The maximum absolute atomic E-state index is 12.9. The Balaban J connectivity index is 1.45. The van der Waals surface area contributed by atoms with Gasteiger partial charge in [-0.1, -0.05) is 6.92 Å². The largest absolute Gasteiger partial charge is 0.342 e. The Morgan fingerprint density at radius 1 is 1.08 bits per heavy atom. The van der Waals surface area contributed by atoms with Gasteiger partial charge in [0.25, 0.3) is 0 Å². The first kappa shape index (κ1) is 16.3. The van der Waals surface area contributed by atoms with Crippen LogP contribution in [-0.2, 0) is 9.59 Å². The summed E-state index contributed by atoms with van der Waals surface area (Å²) < 4.78 is 0. The van der Waals surface area contributed by atoms with Gasteiger partial charge in [0.15, 0.2) is 0 Å². The number of nitrogens with zero attached hydrogens (tertiary/aromatic N) is 3. The topological polar surface area (TPSA) is 55.9 Å². The Morgan fingerprint density at radius 2 is 1.83 bits per heavy atom. The fourth-order valence-corrected chi connectivity index (χ4v) is 5.15. The van der Waals surface area contributed by atoms with Gasteiger partial charge >= 0.3 is 0 Å². The molecule has 1 saturated carbocycles. The fourth-order valence-electron chi connectivity index (χ4n) is 5.15. The normalized spacial score (nSPS) is 38.2. The quantitative estimate of drug-likeness (QED) is 0.772. The van der Waals surface area contributed by atoms with Crippen LogP contribution in [0, 0.1) is 11.8 Å². The number of piperidine rings is 1. The molecule has 1 aliphatic carbocycles. The van der Waals surface area contributed by atoms with Gasteiger partial charge in [-0.2, -0.15) is 0 Å². The third kappa shape index (κ3) is 2.64. The minimum atomic E-state index is 0.00656. The van der Waals surface area contributed by atoms with Crippen molar-refractivity contribution in [3.05, 3.63) is 0 Å². The van der Waals surface area contributed by atoms with Gasteiger partial charge in [-0.15, -0.1) is 0 Å². The number of hydrogen-bond acceptors (Lipinski definition) is 4. The van der Waals surface area contributed by atoms with Crippen molar-refractivity contribution in [1.29, 1.82) is 0 Å². The van der Waals surface area contributed by atoms with Gasteiger partial charge in [-0.25, -0.2) is 5.01 Å². The van der Waals surface area contributed by atoms with Gasteiger partial charge in [-0.05, 0) is 44.4 Å². The van der Waals surface area contributed by atoms with Crippen molar-refractivity contribution in [1.82, 2.24) is 20.2 Å². The molecule has 3 aliphatic heterocycles. The Hall–Kier alpha value is -1.14. The molecule has 4 fully saturated rings. The first-order chi connectivity index (χ1) is 11.6. The van der Waals surface area contributed by atoms with Crippen LogP contribution in [0.15, 0.2) is 0 Å². The van der Waals surface area contributed by atoms with E-state index in [2.05, 4.69) is 22.3 Å². The predicted octanol–water partition coefficient (Wildman–Crippen LogP) is 0.833. The number of amides is 2. The summed E-state index contributed by atoms with van der Waals surface area (Å²) in [7, 11) is 1.94. The summed E-state index contributed by atoms with van der Waals surface area (Å²) in [6, 6.07) is 0.545. The van der Waals surface area contributed by atoms with Crippen molar-refractivity contribution in [3.63, 3.8) is 0 Å². The molecule has 4 atom stereocenters. The highest BCUT2D eigenvalue weighted by atomic mass is 16.2. The van der Waals surface area contributed by atoms with Crippen LogP contribution < -0.4 is 5.43 Å². The molecule has 0 aromatic heterocycles. The Morgan fingerprint density at radius 3 is 2.58 bits per heavy atom. The molecule has 4 unspecified atom stereocenters. The molecule has 6 heteroatoms. The molecule has 0 aromatic rings. The molecule has 4 aliphatic rings. The Kier molecular flexibility index (Phi) is 4.29. The van der Waals surface area contributed by atoms with Gasteiger partial charge in [0.1, 0.15) is 6.04 Å². The standard InChI is InChI=1S/C18H30N4O2/c1-12-6-9-21(10-7-12)17(23)13-3-4-14-16(11-13)20(2)18(24)15-5-8-19-22(14)15/h12-16,19H,3-11H2,1-2H3. The highest BCUT2D eigenvalue weighted by molar-refractivity contribution is 5.84. The molecule has 0 radical (unpaired) electrons. The zero-order valence-electron chi connectivity index (χ0n) is 14.9. The van der Waals surface area contributed by atoms with E-state index in [1.807, 2.05) is 11.9 Å². The summed E-state index contributed by atoms with van der Waals surface area (Å²) in [5, 5.41) is 2.20. The molecule has 0 bridgehead atoms. The number of likely N-dealkylation sites (N-methyl/N-ethyl adjacent to an activating group) is 1. The molecule has 0 spiro atoms. The summed E-state index contributed by atoms with van der Waals surface area (Å²) in [5.41, 5.74) is 3.41. The van der Waals surface area contributed by atoms with Crippen LogP contribution in [0.1, 0.15) is 45.4 Å². The average molecular weight is 334 g/mol. The molecule has 2 amide bonds. The molecular weight excluding hydrogens is 304 g/mol. The molecule has 4 rings (SSSR count). The van der Waals surface area contributed by atoms with Crippen LogP contribution in [-0.4, -0.2) is 71.4 Å². The summed E-state index contributed by atoms with van der Waals surface area (Å²) >= 11 is 0. The van der Waals surface area contributed by atoms with Crippen molar-refractivity contribution in [2.75, 3.05) is 26.7 Å². The van der Waals surface area contributed by atoms with Crippen LogP contribution >= 0.6 is 0 Å². The van der Waals surface area contributed by atoms with E-state index >= 15 is 0 Å². The van der Waals surface area contributed by atoms with Crippen LogP contribution in [0.25, 0.3) is 0 Å². The zero-order valence-corrected chi connectivity index (χ0v) is 14.9. The highest BCUT2D eigenvalue weighted by Crippen LogP contribution is 2.37. The molecule has 3 heterocycles. The summed E-state index contributed by atoms with van der Waals surface area (Å²) in [4.78, 5) is 29.6. The molecule has 0 aromatic carbocycles. The number of nitrogens with one attached hydrogen (secondary N) is 1. The van der Waals surface area contributed by atoms with Gasteiger partial charge in [-0.3, -0.25) is 15.0 Å². The minimum absolute atomic E-state index is 0.00656. The van der Waals surface area contributed by atoms with E-state index in [4.69, 9.17) is 0 Å². The van der Waals surface area contributed by atoms with E-state index in [9.17, 15) is 9.59 Å². The molecule has 24 heavy (non-hydrogen) atoms. The zero-order chi connectivity index (χ0) is 16.8. The van der Waals surface area contributed by atoms with Crippen molar-refractivity contribution >= 4 is 11.8 Å². The summed E-state index contributed by atoms with van der Waals surface area (Å²) in [5.74, 6) is 1.39. The van der Waals surface area contributed by atoms with E-state index in [1.54, 1.807) is 0 Å². The fraction of sp³-hybridized carbons (Fsp3) is 0.889. The third-order valence-electron chi connectivity index (χ3n) is 6.76. The van der Waals surface area contributed by atoms with Gasteiger partial charge in [0.05, 0.1) is 0 Å². The maximum atomic E-state index is 12.9. The number of hydrazine groups is 1. The van der Waals surface area contributed by atoms with E-state index < -0.39 is 0 Å². The summed E-state index contributed by atoms with van der Waals surface area (Å²) in [6.45, 7) is 4.99. The Labute approximate surface area is 144 Å². The van der Waals surface area contributed by atoms with E-state index in [0.29, 0.717) is 11.9 Å². The number of hydrogen-bond donors (Lipinski definition) is 1. The average Bonchev–Trinajstić information content (AvgIpc) is 3.09. The van der Waals surface area contributed by atoms with Crippen LogP contribution in [0.5, 0.6) is 0 Å². The second-order valence-electron chi connectivity index (χ2n) is 8.22. The number of carbonyl (C=O) groups is 2. The number of rotatable bonds is 1. The van der Waals surface area contributed by atoms with Gasteiger partial charge in [0.2, 0.25) is 11.8 Å². The molecule has 6 nitrogen and oxygen atoms in total. The van der Waals surface area contributed by atoms with Crippen molar-refractivity contribution in [3.8, 4) is 0 Å². The van der Waals surface area contributed by atoms with Gasteiger partial charge in [0, 0.05) is 44.7 Å². The minimum Gasteiger partial charge on any atom is -0.342 e. The SMILES string of the molecule is CC1CCN(C(=O)C2CCC3C(C2)N(C)C(=O)C2CCNN23)CC1. The maximum Gasteiger partial charge on any atom is 0.241 e.